The van der Waals surface area contributed by atoms with Gasteiger partial charge in [0.25, 0.3) is 0 Å². The summed E-state index contributed by atoms with van der Waals surface area (Å²) in [5.74, 6) is -0.231. The molecule has 7 nitrogen and oxygen atoms in total. The molecule has 0 aromatic carbocycles. The van der Waals surface area contributed by atoms with Crippen LogP contribution in [0.2, 0.25) is 0 Å². The summed E-state index contributed by atoms with van der Waals surface area (Å²) in [6.07, 6.45) is 2.79. The first-order valence-corrected chi connectivity index (χ1v) is 4.12. The molecule has 0 aliphatic carbocycles. The number of nitrogens with zero attached hydrogens (tertiary/aromatic N) is 5. The van der Waals surface area contributed by atoms with Gasteiger partial charge in [0, 0.05) is 6.54 Å². The van der Waals surface area contributed by atoms with E-state index in [4.69, 9.17) is 0 Å². The molecule has 72 valence electrons. The van der Waals surface area contributed by atoms with Crippen LogP contribution in [0.4, 0.5) is 0 Å². The quantitative estimate of drug-likeness (QED) is 0.671. The average molecular weight is 192 g/mol. The molecule has 2 aromatic rings. The van der Waals surface area contributed by atoms with Crippen LogP contribution in [0.1, 0.15) is 23.1 Å². The SMILES string of the molecule is CCn1nncc1C(=O)c1cn[nH]n1. The number of aromatic amines is 1. The van der Waals surface area contributed by atoms with Gasteiger partial charge < -0.3 is 0 Å². The third-order valence-corrected chi connectivity index (χ3v) is 1.80. The van der Waals surface area contributed by atoms with E-state index in [0.29, 0.717) is 12.2 Å². The number of aromatic nitrogens is 6. The Morgan fingerprint density at radius 3 is 3.07 bits per heavy atom. The zero-order valence-electron chi connectivity index (χ0n) is 7.51. The average Bonchev–Trinajstić information content (AvgIpc) is 2.87. The number of carbonyl (C=O) groups is 1. The van der Waals surface area contributed by atoms with Crippen molar-refractivity contribution in [2.75, 3.05) is 0 Å². The smallest absolute Gasteiger partial charge is 0.234 e. The lowest BCUT2D eigenvalue weighted by molar-refractivity contribution is 0.102. The second-order valence-corrected chi connectivity index (χ2v) is 2.62. The first-order valence-electron chi connectivity index (χ1n) is 4.12. The Bertz CT molecular complexity index is 431. The fraction of sp³-hybridized carbons (Fsp3) is 0.286. The van der Waals surface area contributed by atoms with Crippen LogP contribution in [-0.2, 0) is 6.54 Å². The maximum Gasteiger partial charge on any atom is 0.234 e. The van der Waals surface area contributed by atoms with Gasteiger partial charge in [-0.3, -0.25) is 4.79 Å². The standard InChI is InChI=1S/C7H8N6O/c1-2-13-6(4-9-12-13)7(14)5-3-8-11-10-5/h3-4H,2H2,1H3,(H,8,10,11). The predicted octanol–water partition coefficient (Wildman–Crippen LogP) is -0.353. The molecule has 0 radical (unpaired) electrons. The lowest BCUT2D eigenvalue weighted by Gasteiger charge is -1.98. The topological polar surface area (TPSA) is 89.4 Å². The van der Waals surface area contributed by atoms with E-state index in [1.54, 1.807) is 0 Å². The first kappa shape index (κ1) is 8.54. The van der Waals surface area contributed by atoms with E-state index in [0.717, 1.165) is 0 Å². The number of nitrogens with one attached hydrogen (secondary N) is 1. The van der Waals surface area contributed by atoms with Gasteiger partial charge in [-0.2, -0.15) is 15.4 Å². The third kappa shape index (κ3) is 1.28. The second kappa shape index (κ2) is 3.36. The van der Waals surface area contributed by atoms with Gasteiger partial charge in [-0.25, -0.2) is 4.68 Å². The van der Waals surface area contributed by atoms with Gasteiger partial charge in [0.2, 0.25) is 5.78 Å². The maximum atomic E-state index is 11.7. The van der Waals surface area contributed by atoms with E-state index < -0.39 is 0 Å². The van der Waals surface area contributed by atoms with Crippen molar-refractivity contribution in [3.8, 4) is 0 Å². The molecule has 0 spiro atoms. The Labute approximate surface area is 79.1 Å². The Morgan fingerprint density at radius 1 is 1.57 bits per heavy atom. The molecule has 0 atom stereocenters. The van der Waals surface area contributed by atoms with E-state index in [-0.39, 0.29) is 11.5 Å². The second-order valence-electron chi connectivity index (χ2n) is 2.62. The van der Waals surface area contributed by atoms with Gasteiger partial charge in [-0.15, -0.1) is 5.10 Å². The van der Waals surface area contributed by atoms with E-state index in [9.17, 15) is 4.79 Å². The number of hydrogen-bond acceptors (Lipinski definition) is 5. The van der Waals surface area contributed by atoms with Crippen LogP contribution in [0.15, 0.2) is 12.4 Å². The molecule has 0 amide bonds. The van der Waals surface area contributed by atoms with Gasteiger partial charge in [0.15, 0.2) is 5.69 Å². The van der Waals surface area contributed by atoms with Crippen LogP contribution in [-0.4, -0.2) is 36.2 Å². The van der Waals surface area contributed by atoms with Gasteiger partial charge in [-0.05, 0) is 6.92 Å². The van der Waals surface area contributed by atoms with Gasteiger partial charge in [0.1, 0.15) is 5.69 Å². The monoisotopic (exact) mass is 192 g/mol. The Kier molecular flexibility index (Phi) is 2.05. The van der Waals surface area contributed by atoms with E-state index in [1.807, 2.05) is 6.92 Å². The highest BCUT2D eigenvalue weighted by molar-refractivity contribution is 6.06. The highest BCUT2D eigenvalue weighted by Gasteiger charge is 2.16. The first-order chi connectivity index (χ1) is 6.83. The molecule has 2 rings (SSSR count). The van der Waals surface area contributed by atoms with Crippen molar-refractivity contribution in [1.29, 1.82) is 0 Å². The highest BCUT2D eigenvalue weighted by Crippen LogP contribution is 2.03. The number of H-pyrrole nitrogens is 1. The molecule has 14 heavy (non-hydrogen) atoms. The Morgan fingerprint density at radius 2 is 2.43 bits per heavy atom. The summed E-state index contributed by atoms with van der Waals surface area (Å²) in [6.45, 7) is 2.48. The summed E-state index contributed by atoms with van der Waals surface area (Å²) >= 11 is 0. The van der Waals surface area contributed by atoms with Crippen LogP contribution in [0.25, 0.3) is 0 Å². The van der Waals surface area contributed by atoms with Crippen molar-refractivity contribution in [2.24, 2.45) is 0 Å². The fourth-order valence-electron chi connectivity index (χ4n) is 1.11. The number of ketones is 1. The van der Waals surface area contributed by atoms with Gasteiger partial charge >= 0.3 is 0 Å². The molecule has 0 bridgehead atoms. The van der Waals surface area contributed by atoms with Gasteiger partial charge in [0.05, 0.1) is 12.4 Å². The summed E-state index contributed by atoms with van der Waals surface area (Å²) < 4.78 is 1.51. The molecular formula is C7H8N6O. The van der Waals surface area contributed by atoms with Crippen molar-refractivity contribution in [3.05, 3.63) is 23.8 Å². The summed E-state index contributed by atoms with van der Waals surface area (Å²) in [6, 6.07) is 0. The lowest BCUT2D eigenvalue weighted by Crippen LogP contribution is -2.10. The van der Waals surface area contributed by atoms with E-state index in [2.05, 4.69) is 25.7 Å². The predicted molar refractivity (Wildman–Crippen MR) is 45.5 cm³/mol. The molecule has 1 N–H and O–H groups in total. The molecular weight excluding hydrogens is 184 g/mol. The van der Waals surface area contributed by atoms with Crippen LogP contribution >= 0.6 is 0 Å². The largest absolute Gasteiger partial charge is 0.285 e. The van der Waals surface area contributed by atoms with Crippen molar-refractivity contribution < 1.29 is 4.79 Å². The molecule has 2 heterocycles. The summed E-state index contributed by atoms with van der Waals surface area (Å²) in [4.78, 5) is 11.7. The van der Waals surface area contributed by atoms with Crippen LogP contribution < -0.4 is 0 Å². The van der Waals surface area contributed by atoms with Crippen molar-refractivity contribution in [3.63, 3.8) is 0 Å². The van der Waals surface area contributed by atoms with Crippen LogP contribution in [0.5, 0.6) is 0 Å². The van der Waals surface area contributed by atoms with Crippen LogP contribution in [0.3, 0.4) is 0 Å². The molecule has 0 aliphatic rings. The van der Waals surface area contributed by atoms with E-state index in [1.165, 1.54) is 17.1 Å². The minimum Gasteiger partial charge on any atom is -0.285 e. The summed E-state index contributed by atoms with van der Waals surface area (Å²) in [7, 11) is 0. The number of rotatable bonds is 3. The molecule has 2 aromatic heterocycles. The fourth-order valence-corrected chi connectivity index (χ4v) is 1.11. The number of carbonyl (C=O) groups excluding carboxylic acids is 1. The lowest BCUT2D eigenvalue weighted by atomic mass is 10.2. The van der Waals surface area contributed by atoms with Crippen molar-refractivity contribution in [1.82, 2.24) is 30.4 Å². The van der Waals surface area contributed by atoms with Gasteiger partial charge in [-0.1, -0.05) is 5.21 Å². The molecule has 7 heteroatoms. The third-order valence-electron chi connectivity index (χ3n) is 1.80. The molecule has 0 saturated carbocycles. The normalized spacial score (nSPS) is 10.4. The van der Waals surface area contributed by atoms with Crippen molar-refractivity contribution in [2.45, 2.75) is 13.5 Å². The minimum atomic E-state index is -0.231. The van der Waals surface area contributed by atoms with Crippen LogP contribution in [0, 0.1) is 0 Å². The zero-order valence-corrected chi connectivity index (χ0v) is 7.51. The molecule has 0 aliphatic heterocycles. The Hall–Kier alpha value is -2.05. The minimum absolute atomic E-state index is 0.231. The Balaban J connectivity index is 2.36. The van der Waals surface area contributed by atoms with Crippen molar-refractivity contribution >= 4 is 5.78 Å². The summed E-state index contributed by atoms with van der Waals surface area (Å²) in [5, 5.41) is 17.0. The summed E-state index contributed by atoms with van der Waals surface area (Å²) in [5.41, 5.74) is 0.684. The molecule has 0 unspecified atom stereocenters. The maximum absolute atomic E-state index is 11.7. The number of aryl methyl sites for hydroxylation is 1. The molecule has 0 saturated heterocycles. The molecule has 0 fully saturated rings. The number of hydrogen-bond donors (Lipinski definition) is 1. The van der Waals surface area contributed by atoms with E-state index >= 15 is 0 Å². The highest BCUT2D eigenvalue weighted by atomic mass is 16.1. The zero-order chi connectivity index (χ0) is 9.97.